The number of non-ortho nitro benzene ring substituents is 1. The highest BCUT2D eigenvalue weighted by atomic mass is 35.5. The normalized spacial score (nSPS) is 10.9. The number of nitro groups is 1. The van der Waals surface area contributed by atoms with Crippen LogP contribution >= 0.6 is 11.6 Å². The summed E-state index contributed by atoms with van der Waals surface area (Å²) in [6.45, 7) is 0.422. The lowest BCUT2D eigenvalue weighted by atomic mass is 10.1. The first kappa shape index (κ1) is 18.8. The molecule has 29 heavy (non-hydrogen) atoms. The van der Waals surface area contributed by atoms with Gasteiger partial charge in [0.15, 0.2) is 5.76 Å². The quantitative estimate of drug-likeness (QED) is 0.347. The van der Waals surface area contributed by atoms with Gasteiger partial charge in [0.1, 0.15) is 5.76 Å². The smallest absolute Gasteiger partial charge is 0.287 e. The summed E-state index contributed by atoms with van der Waals surface area (Å²) >= 11 is 6.06. The van der Waals surface area contributed by atoms with Crippen LogP contribution < -0.4 is 5.32 Å². The number of rotatable bonds is 6. The number of aromatic amines is 1. The minimum Gasteiger partial charge on any atom is -0.451 e. The largest absolute Gasteiger partial charge is 0.451 e. The summed E-state index contributed by atoms with van der Waals surface area (Å²) in [4.78, 5) is 26.0. The van der Waals surface area contributed by atoms with E-state index >= 15 is 0 Å². The fourth-order valence-corrected chi connectivity index (χ4v) is 3.32. The maximum absolute atomic E-state index is 12.4. The van der Waals surface area contributed by atoms with Crippen LogP contribution in [0.4, 0.5) is 5.69 Å². The average molecular weight is 410 g/mol. The molecule has 0 aliphatic heterocycles. The highest BCUT2D eigenvalue weighted by Gasteiger charge is 2.14. The standard InChI is InChI=1S/C21H16ClN3O4/c22-15-4-5-18-17(11-15)14(12-24-18)8-9-23-21(26)20-7-6-19(29-20)13-2-1-3-16(10-13)25(27)28/h1-7,10-12,24H,8-9H2,(H,23,26). The lowest BCUT2D eigenvalue weighted by molar-refractivity contribution is -0.384. The molecule has 2 heterocycles. The Morgan fingerprint density at radius 3 is 2.86 bits per heavy atom. The van der Waals surface area contributed by atoms with Crippen molar-refractivity contribution >= 4 is 34.1 Å². The Morgan fingerprint density at radius 2 is 2.03 bits per heavy atom. The van der Waals surface area contributed by atoms with E-state index < -0.39 is 4.92 Å². The van der Waals surface area contributed by atoms with Gasteiger partial charge < -0.3 is 14.7 Å². The first-order chi connectivity index (χ1) is 14.0. The molecule has 7 nitrogen and oxygen atoms in total. The van der Waals surface area contributed by atoms with Gasteiger partial charge in [0.25, 0.3) is 11.6 Å². The van der Waals surface area contributed by atoms with Crippen LogP contribution in [0.15, 0.2) is 65.2 Å². The first-order valence-electron chi connectivity index (χ1n) is 8.89. The van der Waals surface area contributed by atoms with E-state index in [1.54, 1.807) is 24.3 Å². The van der Waals surface area contributed by atoms with Gasteiger partial charge in [-0.1, -0.05) is 23.7 Å². The highest BCUT2D eigenvalue weighted by molar-refractivity contribution is 6.31. The molecule has 4 aromatic rings. The van der Waals surface area contributed by atoms with E-state index in [1.165, 1.54) is 12.1 Å². The van der Waals surface area contributed by atoms with Crippen molar-refractivity contribution in [2.45, 2.75) is 6.42 Å². The molecule has 0 radical (unpaired) electrons. The maximum atomic E-state index is 12.4. The van der Waals surface area contributed by atoms with Crippen LogP contribution in [-0.4, -0.2) is 22.4 Å². The second-order valence-electron chi connectivity index (χ2n) is 6.48. The van der Waals surface area contributed by atoms with Crippen LogP contribution in [0.5, 0.6) is 0 Å². The molecule has 0 fully saturated rings. The molecule has 8 heteroatoms. The Hall–Kier alpha value is -3.58. The van der Waals surface area contributed by atoms with Gasteiger partial charge in [0.05, 0.1) is 4.92 Å². The number of aromatic nitrogens is 1. The highest BCUT2D eigenvalue weighted by Crippen LogP contribution is 2.26. The van der Waals surface area contributed by atoms with Gasteiger partial charge in [-0.2, -0.15) is 0 Å². The molecule has 146 valence electrons. The van der Waals surface area contributed by atoms with Crippen molar-refractivity contribution in [3.05, 3.63) is 87.3 Å². The molecule has 0 aliphatic carbocycles. The lowest BCUT2D eigenvalue weighted by Crippen LogP contribution is -2.25. The summed E-state index contributed by atoms with van der Waals surface area (Å²) in [5.41, 5.74) is 2.54. The molecule has 2 aromatic heterocycles. The Balaban J connectivity index is 1.41. The van der Waals surface area contributed by atoms with Crippen molar-refractivity contribution in [3.63, 3.8) is 0 Å². The van der Waals surface area contributed by atoms with Crippen molar-refractivity contribution in [2.24, 2.45) is 0 Å². The van der Waals surface area contributed by atoms with E-state index in [0.717, 1.165) is 16.5 Å². The zero-order valence-electron chi connectivity index (χ0n) is 15.1. The molecule has 2 N–H and O–H groups in total. The van der Waals surface area contributed by atoms with Crippen LogP contribution in [0.2, 0.25) is 5.02 Å². The van der Waals surface area contributed by atoms with Crippen LogP contribution in [0.3, 0.4) is 0 Å². The van der Waals surface area contributed by atoms with Gasteiger partial charge in [-0.15, -0.1) is 0 Å². The predicted molar refractivity (Wildman–Crippen MR) is 110 cm³/mol. The van der Waals surface area contributed by atoms with Crippen LogP contribution in [0, 0.1) is 10.1 Å². The van der Waals surface area contributed by atoms with Crippen molar-refractivity contribution in [1.82, 2.24) is 10.3 Å². The third-order valence-electron chi connectivity index (χ3n) is 4.58. The number of halogens is 1. The third kappa shape index (κ3) is 4.00. The van der Waals surface area contributed by atoms with E-state index in [2.05, 4.69) is 10.3 Å². The molecule has 1 amide bonds. The number of nitrogens with zero attached hydrogens (tertiary/aromatic N) is 1. The maximum Gasteiger partial charge on any atom is 0.287 e. The number of fused-ring (bicyclic) bond motifs is 1. The predicted octanol–water partition coefficient (Wildman–Crippen LogP) is 4.96. The van der Waals surface area contributed by atoms with E-state index in [4.69, 9.17) is 16.0 Å². The summed E-state index contributed by atoms with van der Waals surface area (Å²) in [5, 5.41) is 15.4. The van der Waals surface area contributed by atoms with Crippen LogP contribution in [-0.2, 0) is 6.42 Å². The van der Waals surface area contributed by atoms with Gasteiger partial charge in [-0.25, -0.2) is 0 Å². The Kier molecular flexibility index (Phi) is 5.05. The van der Waals surface area contributed by atoms with Crippen LogP contribution in [0.25, 0.3) is 22.2 Å². The number of carbonyl (C=O) groups excluding carboxylic acids is 1. The molecule has 2 aromatic carbocycles. The minimum atomic E-state index is -0.474. The molecule has 0 spiro atoms. The molecule has 4 rings (SSSR count). The molecular weight excluding hydrogens is 394 g/mol. The topological polar surface area (TPSA) is 101 Å². The Morgan fingerprint density at radius 1 is 1.17 bits per heavy atom. The minimum absolute atomic E-state index is 0.0382. The number of amides is 1. The van der Waals surface area contributed by atoms with Gasteiger partial charge in [0.2, 0.25) is 0 Å². The number of H-pyrrole nitrogens is 1. The number of benzene rings is 2. The fourth-order valence-electron chi connectivity index (χ4n) is 3.14. The third-order valence-corrected chi connectivity index (χ3v) is 4.82. The molecule has 0 aliphatic rings. The fraction of sp³-hybridized carbons (Fsp3) is 0.0952. The number of hydrogen-bond acceptors (Lipinski definition) is 4. The van der Waals surface area contributed by atoms with Crippen molar-refractivity contribution in [2.75, 3.05) is 6.54 Å². The molecule has 0 saturated heterocycles. The zero-order chi connectivity index (χ0) is 20.4. The molecule has 0 unspecified atom stereocenters. The summed E-state index contributed by atoms with van der Waals surface area (Å²) in [6, 6.07) is 14.9. The second-order valence-corrected chi connectivity index (χ2v) is 6.92. The van der Waals surface area contributed by atoms with Gasteiger partial charge >= 0.3 is 0 Å². The summed E-state index contributed by atoms with van der Waals surface area (Å²) in [6.07, 6.45) is 2.53. The van der Waals surface area contributed by atoms with Crippen molar-refractivity contribution in [1.29, 1.82) is 0 Å². The number of nitro benzene ring substituents is 1. The van der Waals surface area contributed by atoms with E-state index in [0.29, 0.717) is 29.3 Å². The van der Waals surface area contributed by atoms with Crippen LogP contribution in [0.1, 0.15) is 16.1 Å². The second kappa shape index (κ2) is 7.81. The number of furan rings is 1. The van der Waals surface area contributed by atoms with E-state index in [1.807, 2.05) is 24.4 Å². The summed E-state index contributed by atoms with van der Waals surface area (Å²) < 4.78 is 5.58. The van der Waals surface area contributed by atoms with Gasteiger partial charge in [-0.3, -0.25) is 14.9 Å². The molecule has 0 saturated carbocycles. The molecule has 0 atom stereocenters. The zero-order valence-corrected chi connectivity index (χ0v) is 15.9. The average Bonchev–Trinajstić information content (AvgIpc) is 3.36. The Labute approximate surface area is 170 Å². The summed E-state index contributed by atoms with van der Waals surface area (Å²) in [5.74, 6) is 0.193. The van der Waals surface area contributed by atoms with E-state index in [-0.39, 0.29) is 17.4 Å². The van der Waals surface area contributed by atoms with Crippen molar-refractivity contribution < 1.29 is 14.1 Å². The number of hydrogen-bond donors (Lipinski definition) is 2. The Bertz CT molecular complexity index is 1210. The van der Waals surface area contributed by atoms with Gasteiger partial charge in [0, 0.05) is 46.4 Å². The summed E-state index contributed by atoms with van der Waals surface area (Å²) in [7, 11) is 0. The monoisotopic (exact) mass is 409 g/mol. The lowest BCUT2D eigenvalue weighted by Gasteiger charge is -2.03. The van der Waals surface area contributed by atoms with E-state index in [9.17, 15) is 14.9 Å². The first-order valence-corrected chi connectivity index (χ1v) is 9.27. The van der Waals surface area contributed by atoms with Gasteiger partial charge in [-0.05, 0) is 42.3 Å². The van der Waals surface area contributed by atoms with Crippen molar-refractivity contribution in [3.8, 4) is 11.3 Å². The molecular formula is C21H16ClN3O4. The molecule has 0 bridgehead atoms. The number of carbonyl (C=O) groups is 1. The number of nitrogens with one attached hydrogen (secondary N) is 2. The SMILES string of the molecule is O=C(NCCc1c[nH]c2ccc(Cl)cc12)c1ccc(-c2cccc([N+](=O)[O-])c2)o1.